The van der Waals surface area contributed by atoms with Gasteiger partial charge >= 0.3 is 11.8 Å². The van der Waals surface area contributed by atoms with Crippen molar-refractivity contribution < 1.29 is 23.5 Å². The Morgan fingerprint density at radius 3 is 2.58 bits per heavy atom. The first-order valence-corrected chi connectivity index (χ1v) is 12.2. The van der Waals surface area contributed by atoms with Crippen molar-refractivity contribution in [2.75, 3.05) is 11.9 Å². The van der Waals surface area contributed by atoms with Crippen LogP contribution in [0.3, 0.4) is 0 Å². The van der Waals surface area contributed by atoms with Crippen LogP contribution in [0.5, 0.6) is 11.5 Å². The second kappa shape index (κ2) is 13.0. The summed E-state index contributed by atoms with van der Waals surface area (Å²) in [6.45, 7) is 4.00. The van der Waals surface area contributed by atoms with Gasteiger partial charge in [0.1, 0.15) is 12.4 Å². The van der Waals surface area contributed by atoms with Gasteiger partial charge in [0.2, 0.25) is 0 Å². The number of hydrogen-bond donors (Lipinski definition) is 2. The number of anilines is 1. The average molecular weight is 577 g/mol. The number of amides is 2. The topological polar surface area (TPSA) is 89.0 Å². The molecule has 0 unspecified atom stereocenters. The van der Waals surface area contributed by atoms with Crippen LogP contribution in [0.15, 0.2) is 64.2 Å². The number of ether oxygens (including phenoxy) is 2. The van der Waals surface area contributed by atoms with E-state index in [2.05, 4.69) is 31.8 Å². The molecule has 10 heteroatoms. The predicted molar refractivity (Wildman–Crippen MR) is 141 cm³/mol. The molecular formula is C26H24BrClFN3O4. The number of rotatable bonds is 9. The van der Waals surface area contributed by atoms with Gasteiger partial charge in [-0.05, 0) is 70.7 Å². The Morgan fingerprint density at radius 2 is 1.86 bits per heavy atom. The summed E-state index contributed by atoms with van der Waals surface area (Å²) in [6, 6.07) is 15.0. The molecule has 0 aromatic heterocycles. The smallest absolute Gasteiger partial charge is 0.329 e. The van der Waals surface area contributed by atoms with Crippen LogP contribution < -0.4 is 20.2 Å². The average Bonchev–Trinajstić information content (AvgIpc) is 2.85. The molecule has 2 amide bonds. The predicted octanol–water partition coefficient (Wildman–Crippen LogP) is 5.87. The molecular weight excluding hydrogens is 553 g/mol. The minimum Gasteiger partial charge on any atom is -0.490 e. The molecule has 3 aromatic rings. The van der Waals surface area contributed by atoms with Crippen molar-refractivity contribution >= 4 is 51.2 Å². The molecule has 0 atom stereocenters. The third-order valence-electron chi connectivity index (χ3n) is 4.99. The molecule has 0 aliphatic rings. The van der Waals surface area contributed by atoms with Crippen molar-refractivity contribution in [2.24, 2.45) is 5.10 Å². The van der Waals surface area contributed by atoms with Crippen LogP contribution >= 0.6 is 27.5 Å². The third-order valence-corrected chi connectivity index (χ3v) is 5.93. The van der Waals surface area contributed by atoms with Crippen molar-refractivity contribution in [3.05, 3.63) is 86.6 Å². The van der Waals surface area contributed by atoms with Gasteiger partial charge in [-0.15, -0.1) is 0 Å². The van der Waals surface area contributed by atoms with Crippen molar-refractivity contribution in [3.8, 4) is 11.5 Å². The van der Waals surface area contributed by atoms with Crippen LogP contribution in [-0.4, -0.2) is 24.6 Å². The van der Waals surface area contributed by atoms with E-state index in [1.807, 2.05) is 26.0 Å². The van der Waals surface area contributed by atoms with E-state index in [9.17, 15) is 14.0 Å². The van der Waals surface area contributed by atoms with Crippen LogP contribution in [0.4, 0.5) is 10.1 Å². The Morgan fingerprint density at radius 1 is 1.08 bits per heavy atom. The van der Waals surface area contributed by atoms with E-state index >= 15 is 0 Å². The second-order valence-electron chi connectivity index (χ2n) is 7.42. The number of carbonyl (C=O) groups excluding carboxylic acids is 2. The van der Waals surface area contributed by atoms with E-state index < -0.39 is 17.6 Å². The second-order valence-corrected chi connectivity index (χ2v) is 8.68. The summed E-state index contributed by atoms with van der Waals surface area (Å²) in [5.41, 5.74) is 4.47. The highest BCUT2D eigenvalue weighted by molar-refractivity contribution is 9.10. The fraction of sp³-hybridized carbons (Fsp3) is 0.192. The summed E-state index contributed by atoms with van der Waals surface area (Å²) in [6.07, 6.45) is 2.07. The molecule has 3 rings (SSSR count). The molecule has 0 saturated heterocycles. The largest absolute Gasteiger partial charge is 0.490 e. The van der Waals surface area contributed by atoms with Crippen molar-refractivity contribution in [1.29, 1.82) is 0 Å². The SMILES string of the molecule is CCOc1cc(C=NNC(=O)C(=O)Nc2ccccc2CC)cc(Br)c1OCc1c(F)cccc1Cl. The summed E-state index contributed by atoms with van der Waals surface area (Å²) < 4.78 is 26.1. The third kappa shape index (κ3) is 7.05. The van der Waals surface area contributed by atoms with Gasteiger partial charge in [-0.3, -0.25) is 9.59 Å². The van der Waals surface area contributed by atoms with Crippen LogP contribution in [0.2, 0.25) is 5.02 Å². The lowest BCUT2D eigenvalue weighted by Gasteiger charge is -2.15. The molecule has 3 aromatic carbocycles. The molecule has 36 heavy (non-hydrogen) atoms. The molecule has 2 N–H and O–H groups in total. The Balaban J connectivity index is 1.68. The highest BCUT2D eigenvalue weighted by Crippen LogP contribution is 2.37. The Labute approximate surface area is 221 Å². The van der Waals surface area contributed by atoms with Crippen molar-refractivity contribution in [3.63, 3.8) is 0 Å². The number of nitrogens with zero attached hydrogens (tertiary/aromatic N) is 1. The maximum atomic E-state index is 14.1. The maximum Gasteiger partial charge on any atom is 0.329 e. The molecule has 0 radical (unpaired) electrons. The number of benzene rings is 3. The molecule has 0 fully saturated rings. The standard InChI is InChI=1S/C26H24BrClFN3O4/c1-3-17-8-5-6-11-22(17)31-25(33)26(34)32-30-14-16-12-19(27)24(23(13-16)35-4-2)36-15-18-20(28)9-7-10-21(18)29/h5-14H,3-4,15H2,1-2H3,(H,31,33)(H,32,34). The van der Waals surface area contributed by atoms with E-state index in [4.69, 9.17) is 21.1 Å². The first kappa shape index (κ1) is 27.2. The first-order chi connectivity index (χ1) is 17.3. The number of halogens is 3. The molecule has 0 spiro atoms. The van der Waals surface area contributed by atoms with E-state index in [0.717, 1.165) is 5.56 Å². The Kier molecular flexibility index (Phi) is 9.84. The normalized spacial score (nSPS) is 10.8. The molecule has 7 nitrogen and oxygen atoms in total. The lowest BCUT2D eigenvalue weighted by Crippen LogP contribution is -2.32. The zero-order valence-corrected chi connectivity index (χ0v) is 22.0. The molecule has 0 aliphatic heterocycles. The summed E-state index contributed by atoms with van der Waals surface area (Å²) in [4.78, 5) is 24.4. The van der Waals surface area contributed by atoms with Crippen LogP contribution in [0.1, 0.15) is 30.5 Å². The number of carbonyl (C=O) groups is 2. The van der Waals surface area contributed by atoms with Crippen molar-refractivity contribution in [2.45, 2.75) is 26.9 Å². The van der Waals surface area contributed by atoms with Gasteiger partial charge in [-0.2, -0.15) is 5.10 Å². The van der Waals surface area contributed by atoms with E-state index in [1.54, 1.807) is 30.3 Å². The highest BCUT2D eigenvalue weighted by atomic mass is 79.9. The molecule has 0 bridgehead atoms. The number of para-hydroxylation sites is 1. The van der Waals surface area contributed by atoms with Gasteiger partial charge in [0.05, 0.1) is 22.3 Å². The molecule has 0 saturated carbocycles. The quantitative estimate of drug-likeness (QED) is 0.189. The van der Waals surface area contributed by atoms with Gasteiger partial charge in [-0.25, -0.2) is 9.82 Å². The zero-order chi connectivity index (χ0) is 26.1. The van der Waals surface area contributed by atoms with Gasteiger partial charge < -0.3 is 14.8 Å². The Bertz CT molecular complexity index is 1270. The highest BCUT2D eigenvalue weighted by Gasteiger charge is 2.16. The van der Waals surface area contributed by atoms with E-state index in [0.29, 0.717) is 40.3 Å². The molecule has 0 heterocycles. The summed E-state index contributed by atoms with van der Waals surface area (Å²) >= 11 is 9.51. The van der Waals surface area contributed by atoms with Crippen LogP contribution in [-0.2, 0) is 22.6 Å². The fourth-order valence-electron chi connectivity index (χ4n) is 3.23. The monoisotopic (exact) mass is 575 g/mol. The lowest BCUT2D eigenvalue weighted by molar-refractivity contribution is -0.136. The van der Waals surface area contributed by atoms with E-state index in [-0.39, 0.29) is 17.2 Å². The maximum absolute atomic E-state index is 14.1. The zero-order valence-electron chi connectivity index (χ0n) is 19.6. The lowest BCUT2D eigenvalue weighted by atomic mass is 10.1. The van der Waals surface area contributed by atoms with E-state index in [1.165, 1.54) is 18.3 Å². The molecule has 0 aliphatic carbocycles. The summed E-state index contributed by atoms with van der Waals surface area (Å²) in [5.74, 6) is -1.49. The van der Waals surface area contributed by atoms with Crippen molar-refractivity contribution in [1.82, 2.24) is 5.43 Å². The number of hydrazone groups is 1. The minimum absolute atomic E-state index is 0.107. The first-order valence-electron chi connectivity index (χ1n) is 11.1. The van der Waals surface area contributed by atoms with Gasteiger partial charge in [0, 0.05) is 11.3 Å². The van der Waals surface area contributed by atoms with Gasteiger partial charge in [0.25, 0.3) is 0 Å². The van der Waals surface area contributed by atoms with Gasteiger partial charge in [-0.1, -0.05) is 42.8 Å². The summed E-state index contributed by atoms with van der Waals surface area (Å²) in [5, 5.41) is 6.70. The van der Waals surface area contributed by atoms with Crippen LogP contribution in [0, 0.1) is 5.82 Å². The minimum atomic E-state index is -0.914. The number of nitrogens with one attached hydrogen (secondary N) is 2. The number of aryl methyl sites for hydroxylation is 1. The van der Waals surface area contributed by atoms with Crippen LogP contribution in [0.25, 0.3) is 0 Å². The Hall–Kier alpha value is -3.43. The van der Waals surface area contributed by atoms with Gasteiger partial charge in [0.15, 0.2) is 11.5 Å². The molecule has 188 valence electrons. The number of hydrogen-bond acceptors (Lipinski definition) is 5. The summed E-state index contributed by atoms with van der Waals surface area (Å²) in [7, 11) is 0. The fourth-order valence-corrected chi connectivity index (χ4v) is 4.02.